The fourth-order valence-electron chi connectivity index (χ4n) is 3.19. The van der Waals surface area contributed by atoms with Crippen molar-refractivity contribution in [3.8, 4) is 11.9 Å². The Balaban J connectivity index is 1.31. The van der Waals surface area contributed by atoms with Crippen molar-refractivity contribution in [3.63, 3.8) is 0 Å². The van der Waals surface area contributed by atoms with Crippen LogP contribution in [0, 0.1) is 17.2 Å². The average Bonchev–Trinajstić information content (AvgIpc) is 3.52. The molecule has 1 aliphatic heterocycles. The molecular weight excluding hydrogens is 314 g/mol. The van der Waals surface area contributed by atoms with Gasteiger partial charge in [0.05, 0.1) is 6.61 Å². The molecule has 25 heavy (non-hydrogen) atoms. The Kier molecular flexibility index (Phi) is 4.47. The first kappa shape index (κ1) is 15.8. The van der Waals surface area contributed by atoms with E-state index in [1.54, 1.807) is 18.3 Å². The molecule has 0 aromatic carbocycles. The number of piperidine rings is 1. The second-order valence-electron chi connectivity index (χ2n) is 6.76. The second kappa shape index (κ2) is 7.06. The Morgan fingerprint density at radius 1 is 1.12 bits per heavy atom. The summed E-state index contributed by atoms with van der Waals surface area (Å²) >= 11 is 0. The lowest BCUT2D eigenvalue weighted by Crippen LogP contribution is -2.36. The first-order valence-corrected chi connectivity index (χ1v) is 8.89. The van der Waals surface area contributed by atoms with Gasteiger partial charge in [0.2, 0.25) is 5.88 Å². The van der Waals surface area contributed by atoms with Crippen LogP contribution in [-0.2, 0) is 0 Å². The monoisotopic (exact) mass is 335 g/mol. The van der Waals surface area contributed by atoms with Crippen LogP contribution in [0.25, 0.3) is 0 Å². The summed E-state index contributed by atoms with van der Waals surface area (Å²) in [6.45, 7) is 2.56. The zero-order chi connectivity index (χ0) is 17.1. The molecule has 0 N–H and O–H groups in total. The van der Waals surface area contributed by atoms with Crippen LogP contribution in [0.5, 0.6) is 5.88 Å². The molecule has 1 aliphatic carbocycles. The number of pyridine rings is 1. The van der Waals surface area contributed by atoms with Crippen LogP contribution in [0.2, 0.25) is 0 Å². The van der Waals surface area contributed by atoms with Crippen LogP contribution >= 0.6 is 0 Å². The molecule has 1 saturated heterocycles. The maximum absolute atomic E-state index is 9.09. The van der Waals surface area contributed by atoms with Crippen LogP contribution in [-0.4, -0.2) is 34.6 Å². The zero-order valence-corrected chi connectivity index (χ0v) is 14.1. The van der Waals surface area contributed by atoms with Crippen LogP contribution in [0.3, 0.4) is 0 Å². The first-order valence-electron chi connectivity index (χ1n) is 8.89. The normalized spacial score (nSPS) is 18.0. The van der Waals surface area contributed by atoms with E-state index < -0.39 is 0 Å². The highest BCUT2D eigenvalue weighted by molar-refractivity contribution is 5.39. The van der Waals surface area contributed by atoms with Gasteiger partial charge in [-0.1, -0.05) is 0 Å². The van der Waals surface area contributed by atoms with Crippen molar-refractivity contribution in [2.75, 3.05) is 24.6 Å². The Labute approximate surface area is 147 Å². The fourth-order valence-corrected chi connectivity index (χ4v) is 3.19. The molecule has 6 nitrogen and oxygen atoms in total. The molecule has 2 aliphatic rings. The molecule has 2 aromatic rings. The highest BCUT2D eigenvalue weighted by Crippen LogP contribution is 2.38. The first-order chi connectivity index (χ1) is 12.3. The van der Waals surface area contributed by atoms with Gasteiger partial charge in [-0.2, -0.15) is 5.26 Å². The molecule has 2 aromatic heterocycles. The van der Waals surface area contributed by atoms with Crippen LogP contribution < -0.4 is 9.64 Å². The molecule has 2 fully saturated rings. The smallest absolute Gasteiger partial charge is 0.231 e. The number of rotatable bonds is 5. The molecule has 1 saturated carbocycles. The summed E-state index contributed by atoms with van der Waals surface area (Å²) in [6.07, 6.45) is 8.10. The standard InChI is InChI=1S/C19H21N5O/c20-12-16-2-1-8-22-19(16)25-13-14-6-10-24(11-7-14)17-5-9-21-18(23-17)15-3-4-15/h1-2,5,8-9,14-15H,3-4,6-7,10-11,13H2. The van der Waals surface area contributed by atoms with Crippen molar-refractivity contribution < 1.29 is 4.74 Å². The maximum atomic E-state index is 9.09. The number of anilines is 1. The molecule has 0 bridgehead atoms. The molecule has 0 spiro atoms. The topological polar surface area (TPSA) is 74.9 Å². The number of aromatic nitrogens is 3. The highest BCUT2D eigenvalue weighted by Gasteiger charge is 2.28. The van der Waals surface area contributed by atoms with E-state index >= 15 is 0 Å². The van der Waals surface area contributed by atoms with Crippen LogP contribution in [0.4, 0.5) is 5.82 Å². The van der Waals surface area contributed by atoms with Gasteiger partial charge < -0.3 is 9.64 Å². The maximum Gasteiger partial charge on any atom is 0.231 e. The van der Waals surface area contributed by atoms with Gasteiger partial charge >= 0.3 is 0 Å². The Morgan fingerprint density at radius 3 is 2.72 bits per heavy atom. The number of hydrogen-bond acceptors (Lipinski definition) is 6. The van der Waals surface area contributed by atoms with Crippen molar-refractivity contribution in [1.82, 2.24) is 15.0 Å². The van der Waals surface area contributed by atoms with Crippen molar-refractivity contribution in [2.24, 2.45) is 5.92 Å². The van der Waals surface area contributed by atoms with Gasteiger partial charge in [-0.25, -0.2) is 15.0 Å². The van der Waals surface area contributed by atoms with E-state index in [9.17, 15) is 0 Å². The lowest BCUT2D eigenvalue weighted by molar-refractivity contribution is 0.215. The SMILES string of the molecule is N#Cc1cccnc1OCC1CCN(c2ccnc(C3CC3)n2)CC1. The summed E-state index contributed by atoms with van der Waals surface area (Å²) in [6, 6.07) is 7.62. The van der Waals surface area contributed by atoms with Crippen molar-refractivity contribution in [2.45, 2.75) is 31.6 Å². The van der Waals surface area contributed by atoms with Gasteiger partial charge in [0.1, 0.15) is 23.3 Å². The number of nitrogens with zero attached hydrogens (tertiary/aromatic N) is 5. The van der Waals surface area contributed by atoms with E-state index in [-0.39, 0.29) is 0 Å². The summed E-state index contributed by atoms with van der Waals surface area (Å²) in [4.78, 5) is 15.6. The molecule has 4 rings (SSSR count). The minimum Gasteiger partial charge on any atom is -0.476 e. The largest absolute Gasteiger partial charge is 0.476 e. The molecular formula is C19H21N5O. The third-order valence-corrected chi connectivity index (χ3v) is 4.89. The van der Waals surface area contributed by atoms with Crippen LogP contribution in [0.1, 0.15) is 43.0 Å². The predicted octanol–water partition coefficient (Wildman–Crippen LogP) is 2.92. The molecule has 0 atom stereocenters. The Bertz CT molecular complexity index is 775. The lowest BCUT2D eigenvalue weighted by atomic mass is 9.98. The summed E-state index contributed by atoms with van der Waals surface area (Å²) in [5.41, 5.74) is 0.494. The quantitative estimate of drug-likeness (QED) is 0.836. The zero-order valence-electron chi connectivity index (χ0n) is 14.1. The van der Waals surface area contributed by atoms with Gasteiger partial charge in [0, 0.05) is 31.4 Å². The second-order valence-corrected chi connectivity index (χ2v) is 6.76. The third-order valence-electron chi connectivity index (χ3n) is 4.89. The van der Waals surface area contributed by atoms with Crippen molar-refractivity contribution in [3.05, 3.63) is 42.0 Å². The fraction of sp³-hybridized carbons (Fsp3) is 0.474. The summed E-state index contributed by atoms with van der Waals surface area (Å²) in [5, 5.41) is 9.09. The lowest BCUT2D eigenvalue weighted by Gasteiger charge is -2.32. The minimum atomic E-state index is 0.442. The number of nitriles is 1. The van der Waals surface area contributed by atoms with E-state index in [0.29, 0.717) is 29.9 Å². The van der Waals surface area contributed by atoms with Gasteiger partial charge in [0.25, 0.3) is 0 Å². The molecule has 0 radical (unpaired) electrons. The summed E-state index contributed by atoms with van der Waals surface area (Å²) in [5.74, 6) is 3.56. The molecule has 0 amide bonds. The van der Waals surface area contributed by atoms with Crippen LogP contribution in [0.15, 0.2) is 30.6 Å². The minimum absolute atomic E-state index is 0.442. The van der Waals surface area contributed by atoms with Gasteiger partial charge in [-0.05, 0) is 49.8 Å². The highest BCUT2D eigenvalue weighted by atomic mass is 16.5. The van der Waals surface area contributed by atoms with Gasteiger partial charge in [-0.3, -0.25) is 0 Å². The summed E-state index contributed by atoms with van der Waals surface area (Å²) in [7, 11) is 0. The van der Waals surface area contributed by atoms with Crippen molar-refractivity contribution in [1.29, 1.82) is 5.26 Å². The van der Waals surface area contributed by atoms with E-state index in [1.165, 1.54) is 12.8 Å². The molecule has 6 heteroatoms. The molecule has 3 heterocycles. The number of ether oxygens (including phenoxy) is 1. The van der Waals surface area contributed by atoms with E-state index in [0.717, 1.165) is 37.6 Å². The van der Waals surface area contributed by atoms with Gasteiger partial charge in [0.15, 0.2) is 0 Å². The summed E-state index contributed by atoms with van der Waals surface area (Å²) < 4.78 is 5.79. The van der Waals surface area contributed by atoms with Crippen molar-refractivity contribution >= 4 is 5.82 Å². The molecule has 128 valence electrons. The Hall–Kier alpha value is -2.68. The van der Waals surface area contributed by atoms with E-state index in [1.807, 2.05) is 12.3 Å². The van der Waals surface area contributed by atoms with E-state index in [2.05, 4.69) is 20.9 Å². The van der Waals surface area contributed by atoms with Gasteiger partial charge in [-0.15, -0.1) is 0 Å². The number of hydrogen-bond donors (Lipinski definition) is 0. The average molecular weight is 335 g/mol. The third kappa shape index (κ3) is 3.71. The predicted molar refractivity (Wildman–Crippen MR) is 93.4 cm³/mol. The molecule has 0 unspecified atom stereocenters. The van der Waals surface area contributed by atoms with E-state index in [4.69, 9.17) is 15.0 Å². The Morgan fingerprint density at radius 2 is 1.96 bits per heavy atom.